The van der Waals surface area contributed by atoms with Crippen molar-refractivity contribution in [2.24, 2.45) is 0 Å². The van der Waals surface area contributed by atoms with Crippen molar-refractivity contribution in [1.29, 1.82) is 0 Å². The lowest BCUT2D eigenvalue weighted by molar-refractivity contribution is -0.135. The molecule has 1 aromatic carbocycles. The number of aryl methyl sites for hydroxylation is 2. The normalized spacial score (nSPS) is 24.3. The molecule has 1 amide bonds. The Hall–Kier alpha value is -2.34. The quantitative estimate of drug-likeness (QED) is 0.796. The fourth-order valence-corrected chi connectivity index (χ4v) is 4.68. The lowest BCUT2D eigenvalue weighted by atomic mass is 9.81. The number of benzene rings is 1. The molecule has 1 fully saturated rings. The predicted molar refractivity (Wildman–Crippen MR) is 113 cm³/mol. The van der Waals surface area contributed by atoms with Gasteiger partial charge in [-0.25, -0.2) is 0 Å². The second-order valence-electron chi connectivity index (χ2n) is 8.78. The maximum absolute atomic E-state index is 13.2. The lowest BCUT2D eigenvalue weighted by Crippen LogP contribution is -2.51. The fraction of sp³-hybridized carbons (Fsp3) is 0.565. The van der Waals surface area contributed by atoms with Gasteiger partial charge < -0.3 is 14.5 Å². The van der Waals surface area contributed by atoms with E-state index in [9.17, 15) is 4.79 Å². The zero-order valence-corrected chi connectivity index (χ0v) is 17.8. The van der Waals surface area contributed by atoms with Gasteiger partial charge in [0.25, 0.3) is 0 Å². The van der Waals surface area contributed by atoms with E-state index in [1.54, 1.807) is 6.20 Å². The van der Waals surface area contributed by atoms with Crippen molar-refractivity contribution in [3.8, 4) is 5.75 Å². The number of hydrogen-bond acceptors (Lipinski definition) is 4. The number of aromatic nitrogens is 2. The molecule has 6 heteroatoms. The Morgan fingerprint density at radius 3 is 2.69 bits per heavy atom. The number of fused-ring (bicyclic) bond motifs is 1. The Balaban J connectivity index is 1.52. The van der Waals surface area contributed by atoms with Gasteiger partial charge in [-0.1, -0.05) is 18.2 Å². The van der Waals surface area contributed by atoms with E-state index >= 15 is 0 Å². The van der Waals surface area contributed by atoms with Crippen molar-refractivity contribution in [1.82, 2.24) is 19.6 Å². The molecule has 1 saturated carbocycles. The number of carbonyl (C=O) groups excluding carboxylic acids is 1. The number of nitrogens with zero attached hydrogens (tertiary/aromatic N) is 4. The van der Waals surface area contributed by atoms with E-state index in [0.717, 1.165) is 42.7 Å². The molecule has 2 heterocycles. The monoisotopic (exact) mass is 396 g/mol. The van der Waals surface area contributed by atoms with Crippen LogP contribution in [0.4, 0.5) is 0 Å². The van der Waals surface area contributed by atoms with Crippen molar-refractivity contribution in [2.75, 3.05) is 20.6 Å². The fourth-order valence-electron chi connectivity index (χ4n) is 4.68. The van der Waals surface area contributed by atoms with Crippen molar-refractivity contribution in [3.63, 3.8) is 0 Å². The molecule has 0 N–H and O–H groups in total. The molecular weight excluding hydrogens is 364 g/mol. The van der Waals surface area contributed by atoms with Crippen LogP contribution in [-0.2, 0) is 17.9 Å². The predicted octanol–water partition coefficient (Wildman–Crippen LogP) is 3.25. The number of hydrogen-bond donors (Lipinski definition) is 0. The first-order valence-corrected chi connectivity index (χ1v) is 10.7. The van der Waals surface area contributed by atoms with Crippen LogP contribution in [0.3, 0.4) is 0 Å². The van der Waals surface area contributed by atoms with Gasteiger partial charge in [-0.05, 0) is 58.8 Å². The van der Waals surface area contributed by atoms with E-state index in [1.807, 2.05) is 34.7 Å². The van der Waals surface area contributed by atoms with Crippen LogP contribution >= 0.6 is 0 Å². The Bertz CT molecular complexity index is 852. The Kier molecular flexibility index (Phi) is 5.63. The van der Waals surface area contributed by atoms with E-state index in [2.05, 4.69) is 36.2 Å². The summed E-state index contributed by atoms with van der Waals surface area (Å²) < 4.78 is 8.53. The first-order valence-electron chi connectivity index (χ1n) is 10.7. The summed E-state index contributed by atoms with van der Waals surface area (Å²) in [7, 11) is 4.30. The van der Waals surface area contributed by atoms with Crippen LogP contribution in [-0.4, -0.2) is 57.8 Å². The molecule has 29 heavy (non-hydrogen) atoms. The second kappa shape index (κ2) is 8.19. The number of amides is 1. The van der Waals surface area contributed by atoms with Gasteiger partial charge in [0, 0.05) is 43.0 Å². The highest BCUT2D eigenvalue weighted by Gasteiger charge is 2.42. The Morgan fingerprint density at radius 2 is 2.00 bits per heavy atom. The molecule has 0 radical (unpaired) electrons. The summed E-state index contributed by atoms with van der Waals surface area (Å²) in [5.41, 5.74) is 1.90. The third-order valence-electron chi connectivity index (χ3n) is 6.56. The van der Waals surface area contributed by atoms with Crippen LogP contribution in [0.5, 0.6) is 5.75 Å². The van der Waals surface area contributed by atoms with E-state index in [4.69, 9.17) is 4.74 Å². The highest BCUT2D eigenvalue weighted by molar-refractivity contribution is 5.76. The van der Waals surface area contributed by atoms with Crippen molar-refractivity contribution in [3.05, 3.63) is 47.8 Å². The SMILES string of the molecule is Cc1ccnn1CCC(=O)N1Cc2ccccc2OC2(CCC(N(C)C)CC2)C1. The zero-order valence-electron chi connectivity index (χ0n) is 17.8. The van der Waals surface area contributed by atoms with E-state index in [0.29, 0.717) is 32.1 Å². The van der Waals surface area contributed by atoms with Gasteiger partial charge in [-0.15, -0.1) is 0 Å². The molecule has 0 saturated heterocycles. The van der Waals surface area contributed by atoms with Gasteiger partial charge in [-0.2, -0.15) is 5.10 Å². The highest BCUT2D eigenvalue weighted by Crippen LogP contribution is 2.39. The van der Waals surface area contributed by atoms with Gasteiger partial charge in [0.2, 0.25) is 5.91 Å². The lowest BCUT2D eigenvalue weighted by Gasteiger charge is -2.43. The van der Waals surface area contributed by atoms with Crippen LogP contribution in [0.2, 0.25) is 0 Å². The van der Waals surface area contributed by atoms with Gasteiger partial charge in [-0.3, -0.25) is 9.48 Å². The summed E-state index contributed by atoms with van der Waals surface area (Å²) in [5.74, 6) is 1.11. The Morgan fingerprint density at radius 1 is 1.24 bits per heavy atom. The van der Waals surface area contributed by atoms with Crippen molar-refractivity contribution in [2.45, 2.75) is 63.8 Å². The number of ether oxygens (including phenoxy) is 1. The molecule has 0 unspecified atom stereocenters. The van der Waals surface area contributed by atoms with Crippen LogP contribution in [0.1, 0.15) is 43.4 Å². The van der Waals surface area contributed by atoms with E-state index in [1.165, 1.54) is 0 Å². The third-order valence-corrected chi connectivity index (χ3v) is 6.56. The van der Waals surface area contributed by atoms with E-state index < -0.39 is 0 Å². The first kappa shape index (κ1) is 20.0. The molecule has 156 valence electrons. The maximum atomic E-state index is 13.2. The maximum Gasteiger partial charge on any atom is 0.224 e. The molecule has 2 aliphatic rings. The second-order valence-corrected chi connectivity index (χ2v) is 8.78. The molecule has 4 rings (SSSR count). The van der Waals surface area contributed by atoms with Crippen molar-refractivity contribution >= 4 is 5.91 Å². The molecule has 1 aliphatic carbocycles. The minimum absolute atomic E-state index is 0.175. The number of rotatable bonds is 4. The summed E-state index contributed by atoms with van der Waals surface area (Å²) in [4.78, 5) is 17.5. The summed E-state index contributed by atoms with van der Waals surface area (Å²) in [6, 6.07) is 10.7. The Labute approximate surface area is 173 Å². The van der Waals surface area contributed by atoms with Gasteiger partial charge in [0.15, 0.2) is 0 Å². The number of para-hydroxylation sites is 1. The summed E-state index contributed by atoms with van der Waals surface area (Å²) in [5, 5.41) is 4.31. The zero-order chi connectivity index (χ0) is 20.4. The van der Waals surface area contributed by atoms with Crippen molar-refractivity contribution < 1.29 is 9.53 Å². The highest BCUT2D eigenvalue weighted by atomic mass is 16.5. The minimum Gasteiger partial charge on any atom is -0.485 e. The topological polar surface area (TPSA) is 50.6 Å². The molecule has 6 nitrogen and oxygen atoms in total. The van der Waals surface area contributed by atoms with Crippen LogP contribution in [0.25, 0.3) is 0 Å². The molecule has 1 aliphatic heterocycles. The first-order chi connectivity index (χ1) is 14.0. The molecular formula is C23H32N4O2. The van der Waals surface area contributed by atoms with Crippen LogP contribution in [0, 0.1) is 6.92 Å². The average Bonchev–Trinajstić information content (AvgIpc) is 3.04. The summed E-state index contributed by atoms with van der Waals surface area (Å²) in [6.45, 7) is 3.92. The largest absolute Gasteiger partial charge is 0.485 e. The van der Waals surface area contributed by atoms with Gasteiger partial charge in [0.05, 0.1) is 6.54 Å². The van der Waals surface area contributed by atoms with Crippen LogP contribution < -0.4 is 4.74 Å². The molecule has 0 bridgehead atoms. The average molecular weight is 397 g/mol. The standard InChI is InChI=1S/C23H32N4O2/c1-18-10-14-24-27(18)15-11-22(28)26-16-19-6-4-5-7-21(19)29-23(17-26)12-8-20(9-13-23)25(2)3/h4-7,10,14,20H,8-9,11-13,15-17H2,1-3H3. The molecule has 1 aromatic heterocycles. The molecule has 2 aromatic rings. The molecule has 1 spiro atoms. The van der Waals surface area contributed by atoms with Crippen LogP contribution in [0.15, 0.2) is 36.5 Å². The smallest absolute Gasteiger partial charge is 0.224 e. The van der Waals surface area contributed by atoms with Gasteiger partial charge >= 0.3 is 0 Å². The summed E-state index contributed by atoms with van der Waals surface area (Å²) in [6.07, 6.45) is 6.40. The third kappa shape index (κ3) is 4.32. The number of carbonyl (C=O) groups is 1. The van der Waals surface area contributed by atoms with E-state index in [-0.39, 0.29) is 11.5 Å². The minimum atomic E-state index is -0.281. The molecule has 0 atom stereocenters. The van der Waals surface area contributed by atoms with Gasteiger partial charge in [0.1, 0.15) is 11.4 Å². The summed E-state index contributed by atoms with van der Waals surface area (Å²) >= 11 is 0.